The fraction of sp³-hybridized carbons (Fsp3) is 0.471. The van der Waals surface area contributed by atoms with E-state index in [-0.39, 0.29) is 0 Å². The number of anilines is 1. The number of benzene rings is 1. The Morgan fingerprint density at radius 3 is 2.76 bits per heavy atom. The van der Waals surface area contributed by atoms with Crippen molar-refractivity contribution in [3.8, 4) is 0 Å². The van der Waals surface area contributed by atoms with E-state index in [1.165, 1.54) is 11.1 Å². The quantitative estimate of drug-likeness (QED) is 0.850. The molecule has 0 aliphatic carbocycles. The summed E-state index contributed by atoms with van der Waals surface area (Å²) in [5, 5.41) is 1.17. The van der Waals surface area contributed by atoms with Crippen LogP contribution in [0.4, 0.5) is 5.69 Å². The minimum Gasteiger partial charge on any atom is -0.383 e. The standard InChI is InChI=1S/C17H25N3O/c1-4-13(2)20(9-10-21-3)17-11-14(12-18)19-16-8-6-5-7-15(16)17/h5-8,11,13H,4,9-10,12,18H2,1-3H3. The van der Waals surface area contributed by atoms with Crippen LogP contribution in [0.15, 0.2) is 30.3 Å². The maximum Gasteiger partial charge on any atom is 0.0726 e. The third-order valence-electron chi connectivity index (χ3n) is 3.93. The molecule has 0 bridgehead atoms. The van der Waals surface area contributed by atoms with Crippen molar-refractivity contribution in [1.82, 2.24) is 4.98 Å². The molecule has 0 fully saturated rings. The van der Waals surface area contributed by atoms with Gasteiger partial charge in [-0.2, -0.15) is 0 Å². The summed E-state index contributed by atoms with van der Waals surface area (Å²) in [6.07, 6.45) is 1.08. The van der Waals surface area contributed by atoms with E-state index in [0.29, 0.717) is 19.2 Å². The molecule has 21 heavy (non-hydrogen) atoms. The molecular formula is C17H25N3O. The summed E-state index contributed by atoms with van der Waals surface area (Å²) in [7, 11) is 1.74. The van der Waals surface area contributed by atoms with Crippen LogP contribution in [0.3, 0.4) is 0 Å². The molecule has 4 heteroatoms. The van der Waals surface area contributed by atoms with Crippen LogP contribution in [0, 0.1) is 0 Å². The van der Waals surface area contributed by atoms with Crippen LogP contribution >= 0.6 is 0 Å². The molecule has 0 aliphatic heterocycles. The second kappa shape index (κ2) is 7.38. The van der Waals surface area contributed by atoms with Gasteiger partial charge in [-0.25, -0.2) is 0 Å². The zero-order valence-corrected chi connectivity index (χ0v) is 13.2. The van der Waals surface area contributed by atoms with Crippen LogP contribution in [0.1, 0.15) is 26.0 Å². The molecule has 114 valence electrons. The minimum atomic E-state index is 0.441. The first-order valence-electron chi connectivity index (χ1n) is 7.55. The monoisotopic (exact) mass is 287 g/mol. The van der Waals surface area contributed by atoms with Gasteiger partial charge in [-0.1, -0.05) is 25.1 Å². The van der Waals surface area contributed by atoms with Gasteiger partial charge in [0.05, 0.1) is 17.8 Å². The van der Waals surface area contributed by atoms with Gasteiger partial charge in [0.15, 0.2) is 0 Å². The summed E-state index contributed by atoms with van der Waals surface area (Å²) in [4.78, 5) is 7.01. The smallest absolute Gasteiger partial charge is 0.0726 e. The van der Waals surface area contributed by atoms with Gasteiger partial charge in [0.1, 0.15) is 0 Å². The van der Waals surface area contributed by atoms with E-state index in [4.69, 9.17) is 10.5 Å². The highest BCUT2D eigenvalue weighted by Gasteiger charge is 2.16. The van der Waals surface area contributed by atoms with Gasteiger partial charge in [0.25, 0.3) is 0 Å². The van der Waals surface area contributed by atoms with Crippen LogP contribution in [0.5, 0.6) is 0 Å². The molecule has 0 aliphatic rings. The molecule has 1 aromatic heterocycles. The van der Waals surface area contributed by atoms with E-state index < -0.39 is 0 Å². The number of hydrogen-bond acceptors (Lipinski definition) is 4. The van der Waals surface area contributed by atoms with Gasteiger partial charge in [0, 0.05) is 37.3 Å². The van der Waals surface area contributed by atoms with Crippen LogP contribution in [-0.4, -0.2) is 31.3 Å². The van der Waals surface area contributed by atoms with E-state index in [2.05, 4.69) is 41.9 Å². The Morgan fingerprint density at radius 1 is 1.33 bits per heavy atom. The van der Waals surface area contributed by atoms with Crippen molar-refractivity contribution in [3.63, 3.8) is 0 Å². The zero-order chi connectivity index (χ0) is 15.2. The molecule has 0 amide bonds. The summed E-state index contributed by atoms with van der Waals surface area (Å²) in [6.45, 7) is 6.48. The molecule has 0 saturated heterocycles. The van der Waals surface area contributed by atoms with Gasteiger partial charge in [-0.05, 0) is 25.5 Å². The van der Waals surface area contributed by atoms with Crippen molar-refractivity contribution in [1.29, 1.82) is 0 Å². The molecule has 1 aromatic carbocycles. The largest absolute Gasteiger partial charge is 0.383 e. The fourth-order valence-electron chi connectivity index (χ4n) is 2.54. The van der Waals surface area contributed by atoms with Crippen molar-refractivity contribution in [2.75, 3.05) is 25.2 Å². The maximum absolute atomic E-state index is 5.81. The lowest BCUT2D eigenvalue weighted by Crippen LogP contribution is -2.35. The molecule has 1 atom stereocenters. The van der Waals surface area contributed by atoms with Gasteiger partial charge < -0.3 is 15.4 Å². The van der Waals surface area contributed by atoms with E-state index in [9.17, 15) is 0 Å². The Labute approximate surface area is 126 Å². The average Bonchev–Trinajstić information content (AvgIpc) is 2.54. The van der Waals surface area contributed by atoms with Crippen LogP contribution in [0.25, 0.3) is 10.9 Å². The Bertz CT molecular complexity index is 585. The predicted octanol–water partition coefficient (Wildman–Crippen LogP) is 2.94. The van der Waals surface area contributed by atoms with Crippen molar-refractivity contribution in [3.05, 3.63) is 36.0 Å². The van der Waals surface area contributed by atoms with E-state index >= 15 is 0 Å². The van der Waals surface area contributed by atoms with Crippen molar-refractivity contribution in [2.45, 2.75) is 32.9 Å². The first kappa shape index (κ1) is 15.7. The van der Waals surface area contributed by atoms with Crippen LogP contribution in [-0.2, 0) is 11.3 Å². The second-order valence-corrected chi connectivity index (χ2v) is 5.30. The molecule has 1 heterocycles. The topological polar surface area (TPSA) is 51.4 Å². The summed E-state index contributed by atoms with van der Waals surface area (Å²) >= 11 is 0. The second-order valence-electron chi connectivity index (χ2n) is 5.30. The van der Waals surface area contributed by atoms with Gasteiger partial charge >= 0.3 is 0 Å². The number of methoxy groups -OCH3 is 1. The van der Waals surface area contributed by atoms with Gasteiger partial charge in [0.2, 0.25) is 0 Å². The van der Waals surface area contributed by atoms with Crippen molar-refractivity contribution in [2.24, 2.45) is 5.73 Å². The minimum absolute atomic E-state index is 0.441. The van der Waals surface area contributed by atoms with Crippen molar-refractivity contribution < 1.29 is 4.74 Å². The summed E-state index contributed by atoms with van der Waals surface area (Å²) in [5.74, 6) is 0. The number of nitrogens with zero attached hydrogens (tertiary/aromatic N) is 2. The molecule has 2 N–H and O–H groups in total. The van der Waals surface area contributed by atoms with Crippen molar-refractivity contribution >= 4 is 16.6 Å². The molecule has 0 spiro atoms. The number of rotatable bonds is 7. The zero-order valence-electron chi connectivity index (χ0n) is 13.2. The number of fused-ring (bicyclic) bond motifs is 1. The Hall–Kier alpha value is -1.65. The highest BCUT2D eigenvalue weighted by molar-refractivity contribution is 5.92. The normalized spacial score (nSPS) is 12.6. The predicted molar refractivity (Wildman–Crippen MR) is 88.6 cm³/mol. The molecule has 0 saturated carbocycles. The first-order chi connectivity index (χ1) is 10.2. The summed E-state index contributed by atoms with van der Waals surface area (Å²) in [6, 6.07) is 10.8. The fourth-order valence-corrected chi connectivity index (χ4v) is 2.54. The highest BCUT2D eigenvalue weighted by Crippen LogP contribution is 2.28. The lowest BCUT2D eigenvalue weighted by molar-refractivity contribution is 0.203. The third kappa shape index (κ3) is 3.52. The summed E-state index contributed by atoms with van der Waals surface area (Å²) in [5.41, 5.74) is 8.94. The molecule has 4 nitrogen and oxygen atoms in total. The van der Waals surface area contributed by atoms with E-state index in [1.54, 1.807) is 7.11 Å². The molecular weight excluding hydrogens is 262 g/mol. The lowest BCUT2D eigenvalue weighted by Gasteiger charge is -2.32. The molecule has 2 aromatic rings. The Kier molecular flexibility index (Phi) is 5.53. The lowest BCUT2D eigenvalue weighted by atomic mass is 10.1. The Morgan fingerprint density at radius 2 is 2.10 bits per heavy atom. The number of pyridine rings is 1. The molecule has 2 rings (SSSR count). The van der Waals surface area contributed by atoms with E-state index in [0.717, 1.165) is 24.2 Å². The average molecular weight is 287 g/mol. The third-order valence-corrected chi connectivity index (χ3v) is 3.93. The molecule has 0 radical (unpaired) electrons. The first-order valence-corrected chi connectivity index (χ1v) is 7.55. The van der Waals surface area contributed by atoms with Crippen LogP contribution in [0.2, 0.25) is 0 Å². The highest BCUT2D eigenvalue weighted by atomic mass is 16.5. The Balaban J connectivity index is 2.53. The maximum atomic E-state index is 5.81. The number of aromatic nitrogens is 1. The number of ether oxygens (including phenoxy) is 1. The SMILES string of the molecule is CCC(C)N(CCOC)c1cc(CN)nc2ccccc12. The number of nitrogens with two attached hydrogens (primary N) is 1. The van der Waals surface area contributed by atoms with Gasteiger partial charge in [-0.15, -0.1) is 0 Å². The number of para-hydroxylation sites is 1. The number of hydrogen-bond donors (Lipinski definition) is 1. The van der Waals surface area contributed by atoms with E-state index in [1.807, 2.05) is 12.1 Å². The van der Waals surface area contributed by atoms with Crippen LogP contribution < -0.4 is 10.6 Å². The summed E-state index contributed by atoms with van der Waals surface area (Å²) < 4.78 is 5.28. The van der Waals surface area contributed by atoms with Gasteiger partial charge in [-0.3, -0.25) is 4.98 Å². The molecule has 1 unspecified atom stereocenters.